The number of imide groups is 1. The summed E-state index contributed by atoms with van der Waals surface area (Å²) in [5.74, 6) is -0.418. The number of urea groups is 1. The Labute approximate surface area is 155 Å². The number of rotatable bonds is 6. The predicted octanol–water partition coefficient (Wildman–Crippen LogP) is 3.86. The zero-order valence-electron chi connectivity index (χ0n) is 15.6. The fraction of sp³-hybridized carbons (Fsp3) is 0.571. The van der Waals surface area contributed by atoms with Crippen LogP contribution in [0, 0.1) is 0 Å². The maximum atomic E-state index is 12.9. The molecule has 1 saturated heterocycles. The van der Waals surface area contributed by atoms with Gasteiger partial charge in [0, 0.05) is 5.56 Å². The standard InChI is InChI=1S/C21H28N2O3/c1-2-3-8-16-9-11-17(12-10-16)18(24)15-23-19(25)21(22-20(23)26)13-6-4-5-7-14-21/h9-12H,2-8,13-15H2,1H3,(H,22,26). The van der Waals surface area contributed by atoms with Gasteiger partial charge in [-0.15, -0.1) is 0 Å². The summed E-state index contributed by atoms with van der Waals surface area (Å²) in [6.07, 6.45) is 8.66. The molecule has 5 nitrogen and oxygen atoms in total. The molecule has 1 aromatic carbocycles. The Hall–Kier alpha value is -2.17. The van der Waals surface area contributed by atoms with Crippen molar-refractivity contribution in [2.45, 2.75) is 70.3 Å². The third-order valence-electron chi connectivity index (χ3n) is 5.60. The second-order valence-electron chi connectivity index (χ2n) is 7.54. The summed E-state index contributed by atoms with van der Waals surface area (Å²) >= 11 is 0. The van der Waals surface area contributed by atoms with Gasteiger partial charge in [0.1, 0.15) is 5.54 Å². The second kappa shape index (κ2) is 8.02. The topological polar surface area (TPSA) is 66.5 Å². The number of nitrogens with zero attached hydrogens (tertiary/aromatic N) is 1. The maximum absolute atomic E-state index is 12.9. The number of hydrogen-bond acceptors (Lipinski definition) is 3. The lowest BCUT2D eigenvalue weighted by Gasteiger charge is -2.24. The molecule has 1 heterocycles. The molecule has 3 amide bonds. The molecule has 140 valence electrons. The minimum atomic E-state index is -0.780. The van der Waals surface area contributed by atoms with Gasteiger partial charge in [-0.1, -0.05) is 63.3 Å². The van der Waals surface area contributed by atoms with Crippen molar-refractivity contribution < 1.29 is 14.4 Å². The summed E-state index contributed by atoms with van der Waals surface area (Å²) in [4.78, 5) is 38.9. The van der Waals surface area contributed by atoms with Crippen LogP contribution in [0.1, 0.15) is 74.2 Å². The summed E-state index contributed by atoms with van der Waals surface area (Å²) in [5.41, 5.74) is 0.973. The van der Waals surface area contributed by atoms with Crippen LogP contribution in [0.15, 0.2) is 24.3 Å². The highest BCUT2D eigenvalue weighted by Gasteiger charge is 2.51. The highest BCUT2D eigenvalue weighted by molar-refractivity contribution is 6.11. The van der Waals surface area contributed by atoms with Gasteiger partial charge in [0.15, 0.2) is 5.78 Å². The lowest BCUT2D eigenvalue weighted by molar-refractivity contribution is -0.131. The van der Waals surface area contributed by atoms with E-state index in [1.165, 1.54) is 5.56 Å². The Morgan fingerprint density at radius 2 is 1.73 bits per heavy atom. The van der Waals surface area contributed by atoms with E-state index in [-0.39, 0.29) is 18.2 Å². The molecular weight excluding hydrogens is 328 g/mol. The monoisotopic (exact) mass is 356 g/mol. The van der Waals surface area contributed by atoms with Crippen molar-refractivity contribution in [1.29, 1.82) is 0 Å². The molecule has 1 spiro atoms. The fourth-order valence-electron chi connectivity index (χ4n) is 3.96. The molecule has 2 aliphatic rings. The van der Waals surface area contributed by atoms with Crippen LogP contribution in [0.2, 0.25) is 0 Å². The van der Waals surface area contributed by atoms with E-state index in [0.717, 1.165) is 49.8 Å². The molecule has 1 aliphatic carbocycles. The van der Waals surface area contributed by atoms with Crippen molar-refractivity contribution in [1.82, 2.24) is 10.2 Å². The Morgan fingerprint density at radius 3 is 2.35 bits per heavy atom. The Kier molecular flexibility index (Phi) is 5.74. The molecule has 1 N–H and O–H groups in total. The first-order chi connectivity index (χ1) is 12.6. The normalized spacial score (nSPS) is 19.5. The van der Waals surface area contributed by atoms with E-state index in [0.29, 0.717) is 18.4 Å². The third kappa shape index (κ3) is 3.81. The fourth-order valence-corrected chi connectivity index (χ4v) is 3.96. The second-order valence-corrected chi connectivity index (χ2v) is 7.54. The van der Waals surface area contributed by atoms with Gasteiger partial charge >= 0.3 is 6.03 Å². The number of nitrogens with one attached hydrogen (secondary N) is 1. The molecule has 0 bridgehead atoms. The van der Waals surface area contributed by atoms with Crippen LogP contribution in [0.5, 0.6) is 0 Å². The summed E-state index contributed by atoms with van der Waals surface area (Å²) in [7, 11) is 0. The van der Waals surface area contributed by atoms with Gasteiger partial charge in [-0.3, -0.25) is 14.5 Å². The summed E-state index contributed by atoms with van der Waals surface area (Å²) in [6, 6.07) is 7.09. The number of aryl methyl sites for hydroxylation is 1. The third-order valence-corrected chi connectivity index (χ3v) is 5.60. The molecule has 3 rings (SSSR count). The molecular formula is C21H28N2O3. The minimum absolute atomic E-state index is 0.180. The summed E-state index contributed by atoms with van der Waals surface area (Å²) < 4.78 is 0. The number of carbonyl (C=O) groups is 3. The highest BCUT2D eigenvalue weighted by atomic mass is 16.2. The highest BCUT2D eigenvalue weighted by Crippen LogP contribution is 2.32. The summed E-state index contributed by atoms with van der Waals surface area (Å²) in [6.45, 7) is 1.97. The van der Waals surface area contributed by atoms with Crippen LogP contribution in [-0.4, -0.2) is 34.7 Å². The number of amides is 3. The average Bonchev–Trinajstić information content (AvgIpc) is 2.82. The molecule has 0 unspecified atom stereocenters. The van der Waals surface area contributed by atoms with E-state index >= 15 is 0 Å². The SMILES string of the molecule is CCCCc1ccc(C(=O)CN2C(=O)NC3(CCCCCC3)C2=O)cc1. The van der Waals surface area contributed by atoms with Crippen molar-refractivity contribution in [3.8, 4) is 0 Å². The van der Waals surface area contributed by atoms with E-state index in [4.69, 9.17) is 0 Å². The average molecular weight is 356 g/mol. The molecule has 26 heavy (non-hydrogen) atoms. The first kappa shape index (κ1) is 18.6. The molecule has 1 aliphatic heterocycles. The van der Waals surface area contributed by atoms with Gasteiger partial charge in [-0.2, -0.15) is 0 Å². The number of ketones is 1. The van der Waals surface area contributed by atoms with Crippen LogP contribution < -0.4 is 5.32 Å². The van der Waals surface area contributed by atoms with Crippen molar-refractivity contribution >= 4 is 17.7 Å². The number of benzene rings is 1. The summed E-state index contributed by atoms with van der Waals surface area (Å²) in [5, 5.41) is 2.88. The largest absolute Gasteiger partial charge is 0.325 e. The minimum Gasteiger partial charge on any atom is -0.323 e. The van der Waals surface area contributed by atoms with Gasteiger partial charge in [-0.25, -0.2) is 4.79 Å². The maximum Gasteiger partial charge on any atom is 0.325 e. The number of unbranched alkanes of at least 4 members (excludes halogenated alkanes) is 1. The van der Waals surface area contributed by atoms with Crippen LogP contribution in [0.3, 0.4) is 0 Å². The van der Waals surface area contributed by atoms with E-state index in [1.54, 1.807) is 12.1 Å². The lowest BCUT2D eigenvalue weighted by atomic mass is 9.90. The Balaban J connectivity index is 1.67. The first-order valence-corrected chi connectivity index (χ1v) is 9.82. The van der Waals surface area contributed by atoms with Gasteiger partial charge in [0.05, 0.1) is 6.54 Å². The van der Waals surface area contributed by atoms with E-state index in [9.17, 15) is 14.4 Å². The number of Topliss-reactive ketones (excluding diaryl/α,β-unsaturated/α-hetero) is 1. The quantitative estimate of drug-likeness (QED) is 0.622. The van der Waals surface area contributed by atoms with E-state index < -0.39 is 11.6 Å². The molecule has 1 aromatic rings. The predicted molar refractivity (Wildman–Crippen MR) is 100 cm³/mol. The zero-order valence-corrected chi connectivity index (χ0v) is 15.6. The van der Waals surface area contributed by atoms with Crippen LogP contribution in [0.4, 0.5) is 4.79 Å². The van der Waals surface area contributed by atoms with E-state index in [1.807, 2.05) is 12.1 Å². The van der Waals surface area contributed by atoms with Gasteiger partial charge in [0.25, 0.3) is 5.91 Å². The van der Waals surface area contributed by atoms with Crippen LogP contribution >= 0.6 is 0 Å². The lowest BCUT2D eigenvalue weighted by Crippen LogP contribution is -2.46. The molecule has 1 saturated carbocycles. The molecule has 2 fully saturated rings. The zero-order chi connectivity index (χ0) is 18.6. The van der Waals surface area contributed by atoms with Crippen molar-refractivity contribution in [2.24, 2.45) is 0 Å². The molecule has 0 aromatic heterocycles. The van der Waals surface area contributed by atoms with Crippen LogP contribution in [0.25, 0.3) is 0 Å². The van der Waals surface area contributed by atoms with Crippen molar-refractivity contribution in [3.63, 3.8) is 0 Å². The Morgan fingerprint density at radius 1 is 1.08 bits per heavy atom. The smallest absolute Gasteiger partial charge is 0.323 e. The first-order valence-electron chi connectivity index (χ1n) is 9.82. The van der Waals surface area contributed by atoms with E-state index in [2.05, 4.69) is 12.2 Å². The Bertz CT molecular complexity index is 673. The van der Waals surface area contributed by atoms with Crippen LogP contribution in [-0.2, 0) is 11.2 Å². The van der Waals surface area contributed by atoms with Crippen molar-refractivity contribution in [2.75, 3.05) is 6.54 Å². The van der Waals surface area contributed by atoms with Crippen molar-refractivity contribution in [3.05, 3.63) is 35.4 Å². The molecule has 5 heteroatoms. The molecule has 0 atom stereocenters. The van der Waals surface area contributed by atoms with Gasteiger partial charge in [-0.05, 0) is 31.2 Å². The number of hydrogen-bond donors (Lipinski definition) is 1. The van der Waals surface area contributed by atoms with Gasteiger partial charge in [0.2, 0.25) is 0 Å². The molecule has 0 radical (unpaired) electrons. The van der Waals surface area contributed by atoms with Gasteiger partial charge < -0.3 is 5.32 Å². The number of carbonyl (C=O) groups excluding carboxylic acids is 3.